The number of rotatable bonds is 6. The third-order valence-corrected chi connectivity index (χ3v) is 6.14. The maximum atomic E-state index is 13.3. The first kappa shape index (κ1) is 24.5. The highest BCUT2D eigenvalue weighted by Gasteiger charge is 2.47. The minimum Gasteiger partial charge on any atom is -0.497 e. The van der Waals surface area contributed by atoms with E-state index in [9.17, 15) is 27.6 Å². The number of benzene rings is 2. The predicted octanol–water partition coefficient (Wildman–Crippen LogP) is 3.24. The number of carbonyl (C=O) groups is 3. The Morgan fingerprint density at radius 3 is 2.43 bits per heavy atom. The standard InChI is InChI=1S/C24H25F3N4O4/c1-35-18-10-4-15(5-11-18)13-31-22(33)21-19(3-2-12-28-21)30(23(31)34)14-20(32)29-17-8-6-16(7-9-17)24(25,26)27/h4-11,19,21,28H,2-3,12-14H2,1H3,(H,29,32). The predicted molar refractivity (Wildman–Crippen MR) is 121 cm³/mol. The van der Waals surface area contributed by atoms with E-state index in [1.807, 2.05) is 0 Å². The number of anilines is 1. The molecule has 186 valence electrons. The number of carbonyl (C=O) groups excluding carboxylic acids is 3. The lowest BCUT2D eigenvalue weighted by molar-refractivity contribution is -0.139. The molecule has 4 amide bonds. The number of imide groups is 1. The number of halogens is 3. The van der Waals surface area contributed by atoms with E-state index in [1.54, 1.807) is 24.3 Å². The van der Waals surface area contributed by atoms with Crippen molar-refractivity contribution in [2.45, 2.75) is 37.6 Å². The van der Waals surface area contributed by atoms with Crippen LogP contribution in [0.2, 0.25) is 0 Å². The zero-order chi connectivity index (χ0) is 25.2. The average molecular weight is 490 g/mol. The summed E-state index contributed by atoms with van der Waals surface area (Å²) in [4.78, 5) is 41.7. The lowest BCUT2D eigenvalue weighted by Crippen LogP contribution is -2.70. The monoisotopic (exact) mass is 490 g/mol. The summed E-state index contributed by atoms with van der Waals surface area (Å²) in [6.45, 7) is 0.307. The average Bonchev–Trinajstić information content (AvgIpc) is 2.84. The van der Waals surface area contributed by atoms with E-state index in [2.05, 4.69) is 10.6 Å². The zero-order valence-corrected chi connectivity index (χ0v) is 19.0. The molecule has 0 saturated carbocycles. The van der Waals surface area contributed by atoms with Crippen LogP contribution < -0.4 is 15.4 Å². The van der Waals surface area contributed by atoms with E-state index in [4.69, 9.17) is 4.74 Å². The van der Waals surface area contributed by atoms with E-state index >= 15 is 0 Å². The van der Waals surface area contributed by atoms with Crippen LogP contribution in [0.5, 0.6) is 5.75 Å². The maximum absolute atomic E-state index is 13.3. The number of amides is 4. The Labute approximate surface area is 200 Å². The largest absolute Gasteiger partial charge is 0.497 e. The maximum Gasteiger partial charge on any atom is 0.416 e. The molecule has 2 unspecified atom stereocenters. The fourth-order valence-corrected chi connectivity index (χ4v) is 4.36. The Hall–Kier alpha value is -3.60. The SMILES string of the molecule is COc1ccc(CN2C(=O)C3NCCCC3N(CC(=O)Nc3ccc(C(F)(F)F)cc3)C2=O)cc1. The normalized spacial score (nSPS) is 20.5. The van der Waals surface area contributed by atoms with Gasteiger partial charge in [-0.05, 0) is 61.3 Å². The van der Waals surface area contributed by atoms with Gasteiger partial charge in [-0.25, -0.2) is 4.79 Å². The lowest BCUT2D eigenvalue weighted by atomic mass is 9.93. The van der Waals surface area contributed by atoms with Crippen molar-refractivity contribution < 1.29 is 32.3 Å². The Morgan fingerprint density at radius 1 is 1.11 bits per heavy atom. The Balaban J connectivity index is 1.49. The van der Waals surface area contributed by atoms with Crippen molar-refractivity contribution in [3.05, 3.63) is 59.7 Å². The number of nitrogens with zero attached hydrogens (tertiary/aromatic N) is 2. The van der Waals surface area contributed by atoms with Crippen LogP contribution in [0.4, 0.5) is 23.7 Å². The van der Waals surface area contributed by atoms with Crippen LogP contribution in [0.25, 0.3) is 0 Å². The van der Waals surface area contributed by atoms with Gasteiger partial charge >= 0.3 is 12.2 Å². The summed E-state index contributed by atoms with van der Waals surface area (Å²) in [5.74, 6) is -0.281. The first-order valence-electron chi connectivity index (χ1n) is 11.1. The van der Waals surface area contributed by atoms with Gasteiger partial charge in [0.2, 0.25) is 11.8 Å². The minimum absolute atomic E-state index is 0.0313. The fraction of sp³-hybridized carbons (Fsp3) is 0.375. The van der Waals surface area contributed by atoms with Crippen LogP contribution in [0.1, 0.15) is 24.0 Å². The summed E-state index contributed by atoms with van der Waals surface area (Å²) >= 11 is 0. The molecule has 0 spiro atoms. The number of fused-ring (bicyclic) bond motifs is 1. The second-order valence-corrected chi connectivity index (χ2v) is 8.45. The molecule has 2 atom stereocenters. The molecule has 2 aromatic carbocycles. The van der Waals surface area contributed by atoms with Crippen molar-refractivity contribution in [3.8, 4) is 5.75 Å². The molecule has 0 bridgehead atoms. The highest BCUT2D eigenvalue weighted by atomic mass is 19.4. The van der Waals surface area contributed by atoms with E-state index in [0.717, 1.165) is 41.1 Å². The fourth-order valence-electron chi connectivity index (χ4n) is 4.36. The molecule has 2 fully saturated rings. The molecule has 11 heteroatoms. The molecular formula is C24H25F3N4O4. The molecule has 0 aliphatic carbocycles. The zero-order valence-electron chi connectivity index (χ0n) is 19.0. The van der Waals surface area contributed by atoms with Crippen molar-refractivity contribution in [2.75, 3.05) is 25.5 Å². The van der Waals surface area contributed by atoms with E-state index < -0.39 is 35.8 Å². The first-order chi connectivity index (χ1) is 16.7. The quantitative estimate of drug-likeness (QED) is 0.649. The molecule has 0 aromatic heterocycles. The van der Waals surface area contributed by atoms with Gasteiger partial charge in [-0.15, -0.1) is 0 Å². The lowest BCUT2D eigenvalue weighted by Gasteiger charge is -2.46. The van der Waals surface area contributed by atoms with Crippen LogP contribution in [-0.2, 0) is 22.3 Å². The van der Waals surface area contributed by atoms with Gasteiger partial charge in [-0.2, -0.15) is 13.2 Å². The summed E-state index contributed by atoms with van der Waals surface area (Å²) in [7, 11) is 1.54. The minimum atomic E-state index is -4.48. The number of alkyl halides is 3. The van der Waals surface area contributed by atoms with Gasteiger partial charge in [0, 0.05) is 5.69 Å². The van der Waals surface area contributed by atoms with E-state index in [0.29, 0.717) is 18.7 Å². The summed E-state index contributed by atoms with van der Waals surface area (Å²) in [5, 5.41) is 5.69. The Bertz CT molecular complexity index is 1090. The number of piperidine rings is 1. The van der Waals surface area contributed by atoms with Gasteiger partial charge in [0.15, 0.2) is 0 Å². The van der Waals surface area contributed by atoms with Crippen LogP contribution in [-0.4, -0.2) is 59.9 Å². The van der Waals surface area contributed by atoms with Crippen molar-refractivity contribution in [2.24, 2.45) is 0 Å². The molecule has 4 rings (SSSR count). The topological polar surface area (TPSA) is 91.0 Å². The number of methoxy groups -OCH3 is 1. The van der Waals surface area contributed by atoms with Crippen LogP contribution in [0.3, 0.4) is 0 Å². The number of hydrogen-bond acceptors (Lipinski definition) is 5. The molecule has 2 aliphatic rings. The second-order valence-electron chi connectivity index (χ2n) is 8.45. The molecule has 2 saturated heterocycles. The summed E-state index contributed by atoms with van der Waals surface area (Å²) in [6, 6.07) is 9.30. The van der Waals surface area contributed by atoms with Crippen molar-refractivity contribution >= 4 is 23.5 Å². The molecule has 2 N–H and O–H groups in total. The molecule has 0 radical (unpaired) electrons. The second kappa shape index (κ2) is 9.95. The van der Waals surface area contributed by atoms with Gasteiger partial charge in [-0.3, -0.25) is 14.5 Å². The third-order valence-electron chi connectivity index (χ3n) is 6.14. The van der Waals surface area contributed by atoms with Crippen molar-refractivity contribution in [3.63, 3.8) is 0 Å². The smallest absolute Gasteiger partial charge is 0.416 e. The van der Waals surface area contributed by atoms with Gasteiger partial charge in [-0.1, -0.05) is 12.1 Å². The molecule has 8 nitrogen and oxygen atoms in total. The summed E-state index contributed by atoms with van der Waals surface area (Å²) in [6.07, 6.45) is -3.19. The van der Waals surface area contributed by atoms with E-state index in [-0.39, 0.29) is 24.7 Å². The molecule has 2 aromatic rings. The highest BCUT2D eigenvalue weighted by Crippen LogP contribution is 2.30. The van der Waals surface area contributed by atoms with Crippen LogP contribution >= 0.6 is 0 Å². The van der Waals surface area contributed by atoms with Gasteiger partial charge in [0.05, 0.1) is 25.3 Å². The van der Waals surface area contributed by atoms with Gasteiger partial charge < -0.3 is 20.3 Å². The van der Waals surface area contributed by atoms with Gasteiger partial charge in [0.25, 0.3) is 0 Å². The first-order valence-corrected chi connectivity index (χ1v) is 11.1. The molecular weight excluding hydrogens is 465 g/mol. The van der Waals surface area contributed by atoms with Crippen molar-refractivity contribution in [1.82, 2.24) is 15.1 Å². The highest BCUT2D eigenvalue weighted by molar-refractivity contribution is 6.02. The van der Waals surface area contributed by atoms with Crippen LogP contribution in [0, 0.1) is 0 Å². The third kappa shape index (κ3) is 5.40. The van der Waals surface area contributed by atoms with Gasteiger partial charge in [0.1, 0.15) is 18.3 Å². The molecule has 2 aliphatic heterocycles. The summed E-state index contributed by atoms with van der Waals surface area (Å²) < 4.78 is 43.5. The number of nitrogens with one attached hydrogen (secondary N) is 2. The number of urea groups is 1. The van der Waals surface area contributed by atoms with E-state index in [1.165, 1.54) is 12.0 Å². The molecule has 2 heterocycles. The van der Waals surface area contributed by atoms with Crippen LogP contribution in [0.15, 0.2) is 48.5 Å². The number of hydrogen-bond donors (Lipinski definition) is 2. The Morgan fingerprint density at radius 2 is 1.80 bits per heavy atom. The Kier molecular flexibility index (Phi) is 6.97. The number of ether oxygens (including phenoxy) is 1. The van der Waals surface area contributed by atoms with Crippen molar-refractivity contribution in [1.29, 1.82) is 0 Å². The summed E-state index contributed by atoms with van der Waals surface area (Å²) in [5.41, 5.74) is 0.0679. The molecule has 35 heavy (non-hydrogen) atoms.